The molecule has 0 aliphatic carbocycles. The van der Waals surface area contributed by atoms with Crippen molar-refractivity contribution in [3.63, 3.8) is 0 Å². The second-order valence-electron chi connectivity index (χ2n) is 5.24. The van der Waals surface area contributed by atoms with Gasteiger partial charge in [-0.3, -0.25) is 0 Å². The number of H-pyrrole nitrogens is 1. The number of nitrogens with one attached hydrogen (secondary N) is 1. The third-order valence-corrected chi connectivity index (χ3v) is 2.74. The lowest BCUT2D eigenvalue weighted by atomic mass is 9.87. The normalized spacial score (nSPS) is 12.2. The van der Waals surface area contributed by atoms with Gasteiger partial charge in [-0.1, -0.05) is 27.7 Å². The largest absolute Gasteiger partial charge is 0.340 e. The van der Waals surface area contributed by atoms with Gasteiger partial charge < -0.3 is 4.98 Å². The summed E-state index contributed by atoms with van der Waals surface area (Å²) in [5.41, 5.74) is 3.35. The monoisotopic (exact) mass is 217 g/mol. The lowest BCUT2D eigenvalue weighted by Crippen LogP contribution is -2.11. The van der Waals surface area contributed by atoms with E-state index in [9.17, 15) is 0 Å². The van der Waals surface area contributed by atoms with E-state index < -0.39 is 0 Å². The minimum atomic E-state index is 0.122. The molecule has 0 bridgehead atoms. The first-order chi connectivity index (χ1) is 7.52. The standard InChI is InChI=1S/C13H19N3/c1-5-6-10-15-11-9(13(2,3)4)7-8-14-12(11)16-10/h7-8H,5-6H2,1-4H3,(H,14,15,16). The number of aromatic amines is 1. The first-order valence-electron chi connectivity index (χ1n) is 5.86. The van der Waals surface area contributed by atoms with E-state index in [-0.39, 0.29) is 5.41 Å². The van der Waals surface area contributed by atoms with Crippen LogP contribution in [0, 0.1) is 0 Å². The van der Waals surface area contributed by atoms with Gasteiger partial charge in [-0.25, -0.2) is 9.97 Å². The Bertz CT molecular complexity index is 491. The second-order valence-corrected chi connectivity index (χ2v) is 5.24. The Kier molecular flexibility index (Phi) is 2.70. The Morgan fingerprint density at radius 3 is 2.69 bits per heavy atom. The fraction of sp³-hybridized carbons (Fsp3) is 0.538. The molecule has 2 rings (SSSR count). The Morgan fingerprint density at radius 2 is 2.06 bits per heavy atom. The topological polar surface area (TPSA) is 41.6 Å². The molecular formula is C13H19N3. The van der Waals surface area contributed by atoms with Crippen molar-refractivity contribution in [2.45, 2.75) is 46.0 Å². The van der Waals surface area contributed by atoms with Crippen molar-refractivity contribution in [2.24, 2.45) is 0 Å². The first kappa shape index (κ1) is 11.1. The maximum atomic E-state index is 4.51. The highest BCUT2D eigenvalue weighted by Crippen LogP contribution is 2.27. The summed E-state index contributed by atoms with van der Waals surface area (Å²) < 4.78 is 0. The van der Waals surface area contributed by atoms with E-state index in [0.717, 1.165) is 29.8 Å². The summed E-state index contributed by atoms with van der Waals surface area (Å²) in [5, 5.41) is 0. The highest BCUT2D eigenvalue weighted by atomic mass is 15.0. The van der Waals surface area contributed by atoms with Gasteiger partial charge in [0.15, 0.2) is 5.65 Å². The van der Waals surface area contributed by atoms with Gasteiger partial charge in [-0.2, -0.15) is 0 Å². The van der Waals surface area contributed by atoms with Crippen molar-refractivity contribution in [1.29, 1.82) is 0 Å². The molecule has 0 atom stereocenters. The summed E-state index contributed by atoms with van der Waals surface area (Å²) in [5.74, 6) is 1.04. The van der Waals surface area contributed by atoms with E-state index in [0.29, 0.717) is 0 Å². The molecule has 0 aliphatic rings. The summed E-state index contributed by atoms with van der Waals surface area (Å²) in [7, 11) is 0. The van der Waals surface area contributed by atoms with Crippen LogP contribution >= 0.6 is 0 Å². The van der Waals surface area contributed by atoms with Crippen LogP contribution in [0.2, 0.25) is 0 Å². The van der Waals surface area contributed by atoms with Crippen LogP contribution < -0.4 is 0 Å². The van der Waals surface area contributed by atoms with Crippen LogP contribution in [0.1, 0.15) is 45.5 Å². The average molecular weight is 217 g/mol. The molecule has 0 radical (unpaired) electrons. The van der Waals surface area contributed by atoms with E-state index in [1.165, 1.54) is 5.56 Å². The highest BCUT2D eigenvalue weighted by Gasteiger charge is 2.19. The number of hydrogen-bond acceptors (Lipinski definition) is 2. The van der Waals surface area contributed by atoms with Crippen molar-refractivity contribution in [3.8, 4) is 0 Å². The molecule has 86 valence electrons. The molecule has 2 heterocycles. The van der Waals surface area contributed by atoms with Crippen LogP contribution in [0.25, 0.3) is 11.2 Å². The van der Waals surface area contributed by atoms with Crippen LogP contribution in [0.4, 0.5) is 0 Å². The molecule has 0 aromatic carbocycles. The van der Waals surface area contributed by atoms with E-state index >= 15 is 0 Å². The molecule has 1 N–H and O–H groups in total. The van der Waals surface area contributed by atoms with Crippen molar-refractivity contribution in [2.75, 3.05) is 0 Å². The molecule has 0 spiro atoms. The molecule has 3 heteroatoms. The molecule has 3 nitrogen and oxygen atoms in total. The van der Waals surface area contributed by atoms with E-state index in [1.807, 2.05) is 6.20 Å². The van der Waals surface area contributed by atoms with Crippen molar-refractivity contribution < 1.29 is 0 Å². The zero-order valence-electron chi connectivity index (χ0n) is 10.5. The fourth-order valence-corrected chi connectivity index (χ4v) is 1.94. The highest BCUT2D eigenvalue weighted by molar-refractivity contribution is 5.75. The molecule has 0 saturated carbocycles. The second kappa shape index (κ2) is 3.89. The van der Waals surface area contributed by atoms with Crippen LogP contribution in [0.5, 0.6) is 0 Å². The number of nitrogens with zero attached hydrogens (tertiary/aromatic N) is 2. The van der Waals surface area contributed by atoms with Gasteiger partial charge in [-0.15, -0.1) is 0 Å². The molecule has 0 amide bonds. The smallest absolute Gasteiger partial charge is 0.177 e. The van der Waals surface area contributed by atoms with Crippen molar-refractivity contribution in [1.82, 2.24) is 15.0 Å². The van der Waals surface area contributed by atoms with Crippen LogP contribution in [-0.2, 0) is 11.8 Å². The fourth-order valence-electron chi connectivity index (χ4n) is 1.94. The number of pyridine rings is 1. The molecule has 0 unspecified atom stereocenters. The van der Waals surface area contributed by atoms with Crippen LogP contribution in [0.3, 0.4) is 0 Å². The molecule has 2 aromatic rings. The predicted octanol–water partition coefficient (Wildman–Crippen LogP) is 3.21. The molecule has 16 heavy (non-hydrogen) atoms. The minimum Gasteiger partial charge on any atom is -0.340 e. The van der Waals surface area contributed by atoms with Crippen LogP contribution in [-0.4, -0.2) is 15.0 Å². The van der Waals surface area contributed by atoms with Gasteiger partial charge in [0.2, 0.25) is 0 Å². The van der Waals surface area contributed by atoms with Gasteiger partial charge in [0.05, 0.1) is 5.52 Å². The minimum absolute atomic E-state index is 0.122. The Balaban J connectivity index is 2.59. The van der Waals surface area contributed by atoms with E-state index in [1.54, 1.807) is 0 Å². The zero-order valence-corrected chi connectivity index (χ0v) is 10.5. The number of rotatable bonds is 2. The van der Waals surface area contributed by atoms with E-state index in [4.69, 9.17) is 0 Å². The lowest BCUT2D eigenvalue weighted by Gasteiger charge is -2.18. The molecule has 0 saturated heterocycles. The summed E-state index contributed by atoms with van der Waals surface area (Å²) in [6, 6.07) is 2.08. The maximum absolute atomic E-state index is 4.51. The number of aromatic nitrogens is 3. The van der Waals surface area contributed by atoms with Gasteiger partial charge in [0.1, 0.15) is 5.82 Å². The molecule has 0 aliphatic heterocycles. The van der Waals surface area contributed by atoms with Crippen molar-refractivity contribution >= 4 is 11.2 Å². The summed E-state index contributed by atoms with van der Waals surface area (Å²) >= 11 is 0. The zero-order chi connectivity index (χ0) is 11.8. The van der Waals surface area contributed by atoms with Gasteiger partial charge in [-0.05, 0) is 23.5 Å². The summed E-state index contributed by atoms with van der Waals surface area (Å²) in [6.07, 6.45) is 3.93. The third kappa shape index (κ3) is 1.94. The number of aryl methyl sites for hydroxylation is 1. The number of hydrogen-bond donors (Lipinski definition) is 1. The van der Waals surface area contributed by atoms with E-state index in [2.05, 4.69) is 48.7 Å². The van der Waals surface area contributed by atoms with Gasteiger partial charge in [0, 0.05) is 12.6 Å². The first-order valence-corrected chi connectivity index (χ1v) is 5.86. The molecular weight excluding hydrogens is 198 g/mol. The maximum Gasteiger partial charge on any atom is 0.177 e. The molecule has 0 fully saturated rings. The predicted molar refractivity (Wildman–Crippen MR) is 66.6 cm³/mol. The third-order valence-electron chi connectivity index (χ3n) is 2.74. The summed E-state index contributed by atoms with van der Waals surface area (Å²) in [4.78, 5) is 12.2. The number of imidazole rings is 1. The van der Waals surface area contributed by atoms with Crippen molar-refractivity contribution in [3.05, 3.63) is 23.7 Å². The average Bonchev–Trinajstić information content (AvgIpc) is 2.58. The Morgan fingerprint density at radius 1 is 1.31 bits per heavy atom. The van der Waals surface area contributed by atoms with Gasteiger partial charge >= 0.3 is 0 Å². The van der Waals surface area contributed by atoms with Crippen LogP contribution in [0.15, 0.2) is 12.3 Å². The molecule has 2 aromatic heterocycles. The van der Waals surface area contributed by atoms with Gasteiger partial charge in [0.25, 0.3) is 0 Å². The SMILES string of the molecule is CCCc1nc2nccc(C(C)(C)C)c2[nH]1. The summed E-state index contributed by atoms with van der Waals surface area (Å²) in [6.45, 7) is 8.79. The number of fused-ring (bicyclic) bond motifs is 1. The lowest BCUT2D eigenvalue weighted by molar-refractivity contribution is 0.594. The Labute approximate surface area is 96.3 Å². The quantitative estimate of drug-likeness (QED) is 0.839. The Hall–Kier alpha value is -1.38.